The molecule has 0 spiro atoms. The van der Waals surface area contributed by atoms with Gasteiger partial charge in [0.25, 0.3) is 5.91 Å². The van der Waals surface area contributed by atoms with Gasteiger partial charge in [-0.25, -0.2) is 14.3 Å². The molecule has 27 heavy (non-hydrogen) atoms. The summed E-state index contributed by atoms with van der Waals surface area (Å²) in [6, 6.07) is 17.3. The molecule has 0 aliphatic rings. The first-order chi connectivity index (χ1) is 13.3. The molecular weight excluding hydrogens is 340 g/mol. The average Bonchev–Trinajstić information content (AvgIpc) is 3.43. The first-order valence-corrected chi connectivity index (χ1v) is 8.62. The molecule has 4 rings (SSSR count). The SMILES string of the molecule is O=C(NCCc1ccc(-n2cccn2)cc1)c1ccc(-n2cncn2)cc1. The third kappa shape index (κ3) is 3.92. The van der Waals surface area contributed by atoms with Gasteiger partial charge in [0.2, 0.25) is 0 Å². The zero-order chi connectivity index (χ0) is 18.5. The maximum absolute atomic E-state index is 12.3. The zero-order valence-electron chi connectivity index (χ0n) is 14.6. The summed E-state index contributed by atoms with van der Waals surface area (Å²) >= 11 is 0. The standard InChI is InChI=1S/C20H18N6O/c27-20(17-4-8-19(9-5-17)26-15-21-14-24-26)22-12-10-16-2-6-18(7-3-16)25-13-1-11-23-25/h1-9,11,13-15H,10,12H2,(H,22,27). The second-order valence-electron chi connectivity index (χ2n) is 6.01. The summed E-state index contributed by atoms with van der Waals surface area (Å²) in [6.07, 6.45) is 7.52. The molecule has 2 heterocycles. The number of nitrogens with one attached hydrogen (secondary N) is 1. The number of carbonyl (C=O) groups excluding carboxylic acids is 1. The van der Waals surface area contributed by atoms with Gasteiger partial charge in [-0.1, -0.05) is 12.1 Å². The fourth-order valence-electron chi connectivity index (χ4n) is 2.77. The maximum atomic E-state index is 12.3. The van der Waals surface area contributed by atoms with Crippen molar-refractivity contribution >= 4 is 5.91 Å². The topological polar surface area (TPSA) is 77.6 Å². The van der Waals surface area contributed by atoms with Crippen LogP contribution in [0.3, 0.4) is 0 Å². The highest BCUT2D eigenvalue weighted by Crippen LogP contribution is 2.10. The van der Waals surface area contributed by atoms with Crippen LogP contribution in [0.15, 0.2) is 79.6 Å². The van der Waals surface area contributed by atoms with Gasteiger partial charge in [-0.15, -0.1) is 0 Å². The summed E-state index contributed by atoms with van der Waals surface area (Å²) in [6.45, 7) is 0.574. The van der Waals surface area contributed by atoms with Crippen molar-refractivity contribution in [2.24, 2.45) is 0 Å². The normalized spacial score (nSPS) is 10.7. The Morgan fingerprint density at radius 2 is 1.67 bits per heavy atom. The van der Waals surface area contributed by atoms with Crippen molar-refractivity contribution in [3.8, 4) is 11.4 Å². The van der Waals surface area contributed by atoms with Crippen molar-refractivity contribution in [3.63, 3.8) is 0 Å². The van der Waals surface area contributed by atoms with Crippen molar-refractivity contribution in [1.29, 1.82) is 0 Å². The first-order valence-electron chi connectivity index (χ1n) is 8.62. The van der Waals surface area contributed by atoms with E-state index in [1.807, 2.05) is 41.2 Å². The predicted octanol–water partition coefficient (Wildman–Crippen LogP) is 2.43. The maximum Gasteiger partial charge on any atom is 0.251 e. The van der Waals surface area contributed by atoms with Crippen LogP contribution in [-0.2, 0) is 6.42 Å². The van der Waals surface area contributed by atoms with Gasteiger partial charge in [0.05, 0.1) is 11.4 Å². The Kier molecular flexibility index (Phi) is 4.74. The van der Waals surface area contributed by atoms with E-state index >= 15 is 0 Å². The average molecular weight is 358 g/mol. The van der Waals surface area contributed by atoms with Crippen LogP contribution in [0.25, 0.3) is 11.4 Å². The molecule has 0 unspecified atom stereocenters. The number of nitrogens with zero attached hydrogens (tertiary/aromatic N) is 5. The predicted molar refractivity (Wildman–Crippen MR) is 101 cm³/mol. The molecule has 0 aliphatic heterocycles. The van der Waals surface area contributed by atoms with Gasteiger partial charge in [0.15, 0.2) is 0 Å². The van der Waals surface area contributed by atoms with Crippen molar-refractivity contribution in [1.82, 2.24) is 29.9 Å². The van der Waals surface area contributed by atoms with E-state index in [9.17, 15) is 4.79 Å². The molecular formula is C20H18N6O. The molecule has 0 atom stereocenters. The highest BCUT2D eigenvalue weighted by Gasteiger charge is 2.06. The fourth-order valence-corrected chi connectivity index (χ4v) is 2.77. The number of hydrogen-bond donors (Lipinski definition) is 1. The largest absolute Gasteiger partial charge is 0.352 e. The van der Waals surface area contributed by atoms with Crippen LogP contribution in [0.1, 0.15) is 15.9 Å². The first kappa shape index (κ1) is 16.7. The van der Waals surface area contributed by atoms with Crippen molar-refractivity contribution in [2.75, 3.05) is 6.54 Å². The molecule has 7 heteroatoms. The second-order valence-corrected chi connectivity index (χ2v) is 6.01. The third-order valence-corrected chi connectivity index (χ3v) is 4.22. The molecule has 0 bridgehead atoms. The molecule has 1 amide bonds. The van der Waals surface area contributed by atoms with Crippen LogP contribution in [0.4, 0.5) is 0 Å². The summed E-state index contributed by atoms with van der Waals surface area (Å²) < 4.78 is 3.46. The lowest BCUT2D eigenvalue weighted by Crippen LogP contribution is -2.25. The van der Waals surface area contributed by atoms with Gasteiger partial charge in [0, 0.05) is 24.5 Å². The molecule has 1 N–H and O–H groups in total. The minimum Gasteiger partial charge on any atom is -0.352 e. The van der Waals surface area contributed by atoms with Crippen LogP contribution in [0, 0.1) is 0 Å². The highest BCUT2D eigenvalue weighted by molar-refractivity contribution is 5.94. The summed E-state index contributed by atoms with van der Waals surface area (Å²) in [4.78, 5) is 16.2. The second kappa shape index (κ2) is 7.65. The molecule has 7 nitrogen and oxygen atoms in total. The zero-order valence-corrected chi connectivity index (χ0v) is 14.6. The molecule has 2 aromatic carbocycles. The molecule has 134 valence electrons. The van der Waals surface area contributed by atoms with Crippen molar-refractivity contribution in [3.05, 3.63) is 90.8 Å². The Morgan fingerprint density at radius 3 is 2.33 bits per heavy atom. The summed E-state index contributed by atoms with van der Waals surface area (Å²) in [7, 11) is 0. The van der Waals surface area contributed by atoms with Gasteiger partial charge in [-0.2, -0.15) is 10.2 Å². The van der Waals surface area contributed by atoms with Gasteiger partial charge in [-0.05, 0) is 54.4 Å². The van der Waals surface area contributed by atoms with E-state index in [0.29, 0.717) is 12.1 Å². The van der Waals surface area contributed by atoms with E-state index in [4.69, 9.17) is 0 Å². The summed E-state index contributed by atoms with van der Waals surface area (Å²) in [5.41, 5.74) is 3.65. The van der Waals surface area contributed by atoms with E-state index in [1.165, 1.54) is 6.33 Å². The number of carbonyl (C=O) groups is 1. The van der Waals surface area contributed by atoms with E-state index in [-0.39, 0.29) is 5.91 Å². The molecule has 4 aromatic rings. The van der Waals surface area contributed by atoms with Crippen LogP contribution in [0.5, 0.6) is 0 Å². The molecule has 0 fully saturated rings. The van der Waals surface area contributed by atoms with E-state index in [2.05, 4.69) is 32.6 Å². The molecule has 2 aromatic heterocycles. The molecule has 0 saturated heterocycles. The smallest absolute Gasteiger partial charge is 0.251 e. The Labute approximate surface area is 156 Å². The number of aromatic nitrogens is 5. The Balaban J connectivity index is 1.30. The highest BCUT2D eigenvalue weighted by atomic mass is 16.1. The minimum absolute atomic E-state index is 0.0895. The Hall–Kier alpha value is -3.74. The van der Waals surface area contributed by atoms with E-state index < -0.39 is 0 Å². The Morgan fingerprint density at radius 1 is 0.926 bits per heavy atom. The monoisotopic (exact) mass is 358 g/mol. The fraction of sp³-hybridized carbons (Fsp3) is 0.100. The van der Waals surface area contributed by atoms with Crippen LogP contribution < -0.4 is 5.32 Å². The lowest BCUT2D eigenvalue weighted by Gasteiger charge is -2.07. The number of rotatable bonds is 6. The Bertz CT molecular complexity index is 990. The molecule has 0 saturated carbocycles. The quantitative estimate of drug-likeness (QED) is 0.574. The van der Waals surface area contributed by atoms with E-state index in [1.54, 1.807) is 29.3 Å². The van der Waals surface area contributed by atoms with Gasteiger partial charge in [-0.3, -0.25) is 4.79 Å². The number of hydrogen-bond acceptors (Lipinski definition) is 4. The van der Waals surface area contributed by atoms with Crippen LogP contribution >= 0.6 is 0 Å². The molecule has 0 aliphatic carbocycles. The lowest BCUT2D eigenvalue weighted by atomic mass is 10.1. The van der Waals surface area contributed by atoms with Gasteiger partial charge in [0.1, 0.15) is 12.7 Å². The number of amides is 1. The number of benzene rings is 2. The lowest BCUT2D eigenvalue weighted by molar-refractivity contribution is 0.0954. The van der Waals surface area contributed by atoms with Crippen LogP contribution in [-0.4, -0.2) is 37.0 Å². The summed E-state index contributed by atoms with van der Waals surface area (Å²) in [5.74, 6) is -0.0895. The molecule has 0 radical (unpaired) electrons. The third-order valence-electron chi connectivity index (χ3n) is 4.22. The van der Waals surface area contributed by atoms with Crippen molar-refractivity contribution < 1.29 is 4.79 Å². The summed E-state index contributed by atoms with van der Waals surface area (Å²) in [5, 5.41) is 11.2. The van der Waals surface area contributed by atoms with Gasteiger partial charge >= 0.3 is 0 Å². The van der Waals surface area contributed by atoms with Gasteiger partial charge < -0.3 is 5.32 Å². The van der Waals surface area contributed by atoms with E-state index in [0.717, 1.165) is 23.4 Å². The van der Waals surface area contributed by atoms with Crippen LogP contribution in [0.2, 0.25) is 0 Å². The minimum atomic E-state index is -0.0895. The van der Waals surface area contributed by atoms with Crippen molar-refractivity contribution in [2.45, 2.75) is 6.42 Å².